The van der Waals surface area contributed by atoms with Gasteiger partial charge in [0.05, 0.1) is 30.9 Å². The molecule has 1 N–H and O–H groups in total. The number of rotatable bonds is 5. The van der Waals surface area contributed by atoms with Gasteiger partial charge in [-0.25, -0.2) is 13.2 Å². The summed E-state index contributed by atoms with van der Waals surface area (Å²) in [6.07, 6.45) is -0.875. The second-order valence-electron chi connectivity index (χ2n) is 8.17. The quantitative estimate of drug-likeness (QED) is 0.763. The Hall–Kier alpha value is -3.43. The first-order chi connectivity index (χ1) is 15.4. The molecule has 3 heterocycles. The van der Waals surface area contributed by atoms with Gasteiger partial charge < -0.3 is 24.6 Å². The third-order valence-corrected chi connectivity index (χ3v) is 5.77. The van der Waals surface area contributed by atoms with E-state index in [9.17, 15) is 22.8 Å². The molecule has 2 fully saturated rings. The SMILES string of the molecule is O=C1COc2cc(F)c(C(=O)N3CC(COc4ccc(N5CC(F)C5)cc4F)C3)cc2N1. The molecule has 7 nitrogen and oxygen atoms in total. The molecule has 10 heteroatoms. The standard InChI is InChI=1S/C22H20F3N3O4/c23-13-8-27(9-13)14-1-2-19(17(25)3-14)31-10-12-6-28(7-12)22(30)15-4-18-20(5-16(15)24)32-11-21(29)26-18/h1-5,12-13H,6-11H2,(H,26,29). The molecule has 2 aromatic rings. The third-order valence-electron chi connectivity index (χ3n) is 5.77. The number of hydrogen-bond acceptors (Lipinski definition) is 5. The maximum atomic E-state index is 14.4. The molecular weight excluding hydrogens is 427 g/mol. The highest BCUT2D eigenvalue weighted by atomic mass is 19.1. The highest BCUT2D eigenvalue weighted by molar-refractivity contribution is 6.00. The second kappa shape index (κ2) is 7.92. The van der Waals surface area contributed by atoms with Crippen LogP contribution in [0.1, 0.15) is 10.4 Å². The highest BCUT2D eigenvalue weighted by Gasteiger charge is 2.34. The average Bonchev–Trinajstić information content (AvgIpc) is 2.71. The first-order valence-electron chi connectivity index (χ1n) is 10.2. The van der Waals surface area contributed by atoms with Crippen molar-refractivity contribution in [3.63, 3.8) is 0 Å². The Balaban J connectivity index is 1.15. The van der Waals surface area contributed by atoms with E-state index in [0.29, 0.717) is 18.8 Å². The smallest absolute Gasteiger partial charge is 0.262 e. The molecule has 168 valence electrons. The molecule has 5 rings (SSSR count). The zero-order valence-corrected chi connectivity index (χ0v) is 16.9. The van der Waals surface area contributed by atoms with Crippen molar-refractivity contribution in [1.82, 2.24) is 4.90 Å². The Bertz CT molecular complexity index is 1080. The molecule has 0 unspecified atom stereocenters. The van der Waals surface area contributed by atoms with Crippen molar-refractivity contribution in [2.24, 2.45) is 5.92 Å². The minimum Gasteiger partial charge on any atom is -0.490 e. The number of nitrogens with one attached hydrogen (secondary N) is 1. The maximum absolute atomic E-state index is 14.4. The monoisotopic (exact) mass is 447 g/mol. The van der Waals surface area contributed by atoms with Gasteiger partial charge in [-0.1, -0.05) is 0 Å². The fourth-order valence-corrected chi connectivity index (χ4v) is 3.92. The number of fused-ring (bicyclic) bond motifs is 1. The lowest BCUT2D eigenvalue weighted by molar-refractivity contribution is -0.118. The lowest BCUT2D eigenvalue weighted by atomic mass is 9.99. The fourth-order valence-electron chi connectivity index (χ4n) is 3.92. The van der Waals surface area contributed by atoms with Gasteiger partial charge >= 0.3 is 0 Å². The molecule has 0 spiro atoms. The van der Waals surface area contributed by atoms with E-state index in [-0.39, 0.29) is 60.9 Å². The Morgan fingerprint density at radius 1 is 1.12 bits per heavy atom. The number of carbonyl (C=O) groups excluding carboxylic acids is 2. The van der Waals surface area contributed by atoms with Crippen LogP contribution in [0, 0.1) is 17.6 Å². The molecular formula is C22H20F3N3O4. The van der Waals surface area contributed by atoms with Crippen LogP contribution >= 0.6 is 0 Å². The highest BCUT2D eigenvalue weighted by Crippen LogP contribution is 2.32. The van der Waals surface area contributed by atoms with Gasteiger partial charge in [0.1, 0.15) is 17.7 Å². The third kappa shape index (κ3) is 3.80. The number of ether oxygens (including phenoxy) is 2. The van der Waals surface area contributed by atoms with Crippen molar-refractivity contribution in [2.75, 3.05) is 49.6 Å². The molecule has 0 atom stereocenters. The van der Waals surface area contributed by atoms with Crippen molar-refractivity contribution in [2.45, 2.75) is 6.17 Å². The zero-order valence-electron chi connectivity index (χ0n) is 16.9. The normalized spacial score (nSPS) is 18.3. The van der Waals surface area contributed by atoms with Crippen LogP contribution in [0.25, 0.3) is 0 Å². The number of benzene rings is 2. The number of carbonyl (C=O) groups is 2. The van der Waals surface area contributed by atoms with Crippen molar-refractivity contribution in [3.8, 4) is 11.5 Å². The number of halogens is 3. The Morgan fingerprint density at radius 2 is 1.91 bits per heavy atom. The van der Waals surface area contributed by atoms with Crippen LogP contribution in [0.2, 0.25) is 0 Å². The molecule has 3 aliphatic rings. The van der Waals surface area contributed by atoms with Gasteiger partial charge in [0.25, 0.3) is 11.8 Å². The summed E-state index contributed by atoms with van der Waals surface area (Å²) in [5.74, 6) is -1.89. The van der Waals surface area contributed by atoms with Crippen LogP contribution in [-0.2, 0) is 4.79 Å². The predicted octanol–water partition coefficient (Wildman–Crippen LogP) is 2.60. The van der Waals surface area contributed by atoms with Crippen molar-refractivity contribution >= 4 is 23.2 Å². The summed E-state index contributed by atoms with van der Waals surface area (Å²) >= 11 is 0. The van der Waals surface area contributed by atoms with Gasteiger partial charge in [0, 0.05) is 36.8 Å². The molecule has 3 aliphatic heterocycles. The van der Waals surface area contributed by atoms with Gasteiger partial charge in [0.2, 0.25) is 0 Å². The molecule has 2 aromatic carbocycles. The fraction of sp³-hybridized carbons (Fsp3) is 0.364. The molecule has 0 aromatic heterocycles. The molecule has 32 heavy (non-hydrogen) atoms. The van der Waals surface area contributed by atoms with E-state index in [1.165, 1.54) is 23.1 Å². The van der Waals surface area contributed by atoms with Crippen LogP contribution in [-0.4, -0.2) is 62.3 Å². The summed E-state index contributed by atoms with van der Waals surface area (Å²) in [5, 5.41) is 2.55. The predicted molar refractivity (Wildman–Crippen MR) is 109 cm³/mol. The molecule has 0 radical (unpaired) electrons. The molecule has 2 amide bonds. The number of anilines is 2. The lowest BCUT2D eigenvalue weighted by Crippen LogP contribution is -2.52. The lowest BCUT2D eigenvalue weighted by Gasteiger charge is -2.39. The summed E-state index contributed by atoms with van der Waals surface area (Å²) in [6.45, 7) is 1.19. The Morgan fingerprint density at radius 3 is 2.62 bits per heavy atom. The summed E-state index contributed by atoms with van der Waals surface area (Å²) in [6, 6.07) is 6.87. The Labute approximate surface area is 181 Å². The van der Waals surface area contributed by atoms with Crippen molar-refractivity contribution in [3.05, 3.63) is 47.5 Å². The van der Waals surface area contributed by atoms with Crippen molar-refractivity contribution < 1.29 is 32.2 Å². The second-order valence-corrected chi connectivity index (χ2v) is 8.17. The first-order valence-corrected chi connectivity index (χ1v) is 10.2. The topological polar surface area (TPSA) is 71.1 Å². The summed E-state index contributed by atoms with van der Waals surface area (Å²) in [4.78, 5) is 27.3. The van der Waals surface area contributed by atoms with E-state index in [2.05, 4.69) is 5.32 Å². The van der Waals surface area contributed by atoms with Gasteiger partial charge in [-0.05, 0) is 18.2 Å². The molecule has 2 saturated heterocycles. The minimum absolute atomic E-state index is 0.0237. The van der Waals surface area contributed by atoms with Gasteiger partial charge in [-0.15, -0.1) is 0 Å². The van der Waals surface area contributed by atoms with Crippen LogP contribution < -0.4 is 19.7 Å². The zero-order chi connectivity index (χ0) is 22.4. The van der Waals surface area contributed by atoms with Gasteiger partial charge in [-0.2, -0.15) is 0 Å². The van der Waals surface area contributed by atoms with Crippen LogP contribution in [0.5, 0.6) is 11.5 Å². The largest absolute Gasteiger partial charge is 0.490 e. The van der Waals surface area contributed by atoms with Crippen LogP contribution in [0.15, 0.2) is 30.3 Å². The van der Waals surface area contributed by atoms with E-state index in [4.69, 9.17) is 9.47 Å². The summed E-state index contributed by atoms with van der Waals surface area (Å²) < 4.78 is 52.3. The van der Waals surface area contributed by atoms with Crippen LogP contribution in [0.4, 0.5) is 24.5 Å². The number of amides is 2. The minimum atomic E-state index is -0.875. The number of nitrogens with zero attached hydrogens (tertiary/aromatic N) is 2. The van der Waals surface area contributed by atoms with Gasteiger partial charge in [0.15, 0.2) is 18.2 Å². The number of alkyl halides is 1. The first kappa shape index (κ1) is 20.5. The van der Waals surface area contributed by atoms with Gasteiger partial charge in [-0.3, -0.25) is 9.59 Å². The van der Waals surface area contributed by atoms with Crippen LogP contribution in [0.3, 0.4) is 0 Å². The average molecular weight is 447 g/mol. The summed E-state index contributed by atoms with van der Waals surface area (Å²) in [7, 11) is 0. The van der Waals surface area contributed by atoms with E-state index in [1.807, 2.05) is 0 Å². The molecule has 0 aliphatic carbocycles. The van der Waals surface area contributed by atoms with E-state index in [0.717, 1.165) is 6.07 Å². The Kier molecular flexibility index (Phi) is 5.07. The number of hydrogen-bond donors (Lipinski definition) is 1. The molecule has 0 saturated carbocycles. The summed E-state index contributed by atoms with van der Waals surface area (Å²) in [5.41, 5.74) is 0.709. The van der Waals surface area contributed by atoms with E-state index >= 15 is 0 Å². The van der Waals surface area contributed by atoms with E-state index in [1.54, 1.807) is 11.0 Å². The van der Waals surface area contributed by atoms with E-state index < -0.39 is 23.7 Å². The maximum Gasteiger partial charge on any atom is 0.262 e. The molecule has 0 bridgehead atoms. The number of likely N-dealkylation sites (tertiary alicyclic amines) is 1. The van der Waals surface area contributed by atoms with Crippen molar-refractivity contribution in [1.29, 1.82) is 0 Å².